The van der Waals surface area contributed by atoms with Gasteiger partial charge in [-0.2, -0.15) is 11.8 Å². The van der Waals surface area contributed by atoms with Crippen LogP contribution >= 0.6 is 11.8 Å². The number of hydrogen-bond acceptors (Lipinski definition) is 7. The number of carbonyl (C=O) groups excluding carboxylic acids is 3. The minimum Gasteiger partial charge on any atom is -0.481 e. The van der Waals surface area contributed by atoms with E-state index in [2.05, 4.69) is 20.9 Å². The topological polar surface area (TPSA) is 204 Å². The molecule has 12 nitrogen and oxygen atoms in total. The molecule has 2 aromatic rings. The Kier molecular flexibility index (Phi) is 12.3. The van der Waals surface area contributed by atoms with E-state index in [0.717, 1.165) is 10.9 Å². The minimum atomic E-state index is -1.47. The molecule has 1 aromatic carbocycles. The molecule has 0 radical (unpaired) electrons. The van der Waals surface area contributed by atoms with Gasteiger partial charge in [0, 0.05) is 29.9 Å². The highest BCUT2D eigenvalue weighted by Crippen LogP contribution is 2.19. The summed E-state index contributed by atoms with van der Waals surface area (Å²) in [7, 11) is 0. The second-order valence-electron chi connectivity index (χ2n) is 9.57. The summed E-state index contributed by atoms with van der Waals surface area (Å²) in [6.07, 6.45) is 3.06. The van der Waals surface area contributed by atoms with Crippen LogP contribution in [-0.2, 0) is 30.4 Å². The lowest BCUT2D eigenvalue weighted by molar-refractivity contribution is -0.143. The molecule has 0 saturated carbocycles. The Labute approximate surface area is 230 Å². The maximum absolute atomic E-state index is 13.4. The van der Waals surface area contributed by atoms with Gasteiger partial charge in [0.2, 0.25) is 17.7 Å². The van der Waals surface area contributed by atoms with E-state index in [0.29, 0.717) is 11.3 Å². The average Bonchev–Trinajstić information content (AvgIpc) is 3.30. The molecule has 2 rings (SSSR count). The summed E-state index contributed by atoms with van der Waals surface area (Å²) in [6, 6.07) is 2.88. The van der Waals surface area contributed by atoms with E-state index in [1.807, 2.05) is 30.5 Å². The number of nitrogens with one attached hydrogen (secondary N) is 4. The van der Waals surface area contributed by atoms with Gasteiger partial charge in [0.25, 0.3) is 0 Å². The second-order valence-corrected chi connectivity index (χ2v) is 10.6. The van der Waals surface area contributed by atoms with Gasteiger partial charge in [-0.25, -0.2) is 4.79 Å². The van der Waals surface area contributed by atoms with Crippen molar-refractivity contribution < 1.29 is 34.2 Å². The van der Waals surface area contributed by atoms with Crippen LogP contribution in [0.15, 0.2) is 30.5 Å². The Morgan fingerprint density at radius 2 is 1.54 bits per heavy atom. The molecule has 8 N–H and O–H groups in total. The largest absolute Gasteiger partial charge is 0.481 e. The van der Waals surface area contributed by atoms with Gasteiger partial charge in [-0.05, 0) is 42.4 Å². The Hall–Kier alpha value is -3.58. The molecule has 0 fully saturated rings. The smallest absolute Gasteiger partial charge is 0.326 e. The van der Waals surface area contributed by atoms with Crippen LogP contribution < -0.4 is 21.7 Å². The Bertz CT molecular complexity index is 1170. The van der Waals surface area contributed by atoms with Crippen LogP contribution in [0.25, 0.3) is 10.9 Å². The fourth-order valence-corrected chi connectivity index (χ4v) is 4.35. The molecule has 1 aromatic heterocycles. The van der Waals surface area contributed by atoms with Crippen LogP contribution in [0.2, 0.25) is 0 Å². The maximum Gasteiger partial charge on any atom is 0.326 e. The Morgan fingerprint density at radius 1 is 0.923 bits per heavy atom. The number of carbonyl (C=O) groups is 5. The van der Waals surface area contributed by atoms with E-state index in [9.17, 15) is 29.1 Å². The highest BCUT2D eigenvalue weighted by Gasteiger charge is 2.31. The van der Waals surface area contributed by atoms with Crippen molar-refractivity contribution in [1.82, 2.24) is 20.9 Å². The molecule has 0 spiro atoms. The number of carboxylic acid groups (broad SMARTS) is 2. The summed E-state index contributed by atoms with van der Waals surface area (Å²) < 4.78 is 0. The number of hydrogen-bond donors (Lipinski definition) is 7. The van der Waals surface area contributed by atoms with Gasteiger partial charge in [-0.1, -0.05) is 32.0 Å². The van der Waals surface area contributed by atoms with E-state index in [4.69, 9.17) is 10.8 Å². The quantitative estimate of drug-likeness (QED) is 0.154. The number of amides is 3. The fourth-order valence-electron chi connectivity index (χ4n) is 3.87. The van der Waals surface area contributed by atoms with Crippen molar-refractivity contribution in [3.63, 3.8) is 0 Å². The zero-order chi connectivity index (χ0) is 29.1. The van der Waals surface area contributed by atoms with Crippen molar-refractivity contribution in [3.05, 3.63) is 36.0 Å². The number of fused-ring (bicyclic) bond motifs is 1. The van der Waals surface area contributed by atoms with Crippen molar-refractivity contribution >= 4 is 52.3 Å². The van der Waals surface area contributed by atoms with Crippen molar-refractivity contribution in [2.24, 2.45) is 11.7 Å². The molecular weight excluding hydrogens is 526 g/mol. The molecule has 13 heteroatoms. The molecule has 4 unspecified atom stereocenters. The number of para-hydroxylation sites is 1. The predicted octanol–water partition coefficient (Wildman–Crippen LogP) is 0.851. The van der Waals surface area contributed by atoms with Crippen molar-refractivity contribution in [3.8, 4) is 0 Å². The van der Waals surface area contributed by atoms with E-state index < -0.39 is 60.2 Å². The standard InChI is InChI=1S/C26H37N5O7S/c1-14(2)22(27)25(36)29-18(10-11-39-3)23(34)31-20(12-15-13-28-17-7-5-4-6-16(15)17)24(35)30-19(26(37)38)8-9-21(32)33/h4-7,13-14,18-20,22,28H,8-12,27H2,1-3H3,(H,29,36)(H,30,35)(H,31,34)(H,32,33)(H,37,38). The summed E-state index contributed by atoms with van der Waals surface area (Å²) in [5, 5.41) is 27.0. The highest BCUT2D eigenvalue weighted by molar-refractivity contribution is 7.98. The maximum atomic E-state index is 13.4. The molecule has 3 amide bonds. The van der Waals surface area contributed by atoms with E-state index in [1.54, 1.807) is 20.0 Å². The molecule has 0 saturated heterocycles. The Balaban J connectivity index is 2.32. The highest BCUT2D eigenvalue weighted by atomic mass is 32.2. The van der Waals surface area contributed by atoms with Gasteiger partial charge in [0.15, 0.2) is 0 Å². The fraction of sp³-hybridized carbons (Fsp3) is 0.500. The third-order valence-corrected chi connectivity index (χ3v) is 6.90. The van der Waals surface area contributed by atoms with Gasteiger partial charge < -0.3 is 36.9 Å². The van der Waals surface area contributed by atoms with Crippen LogP contribution in [0, 0.1) is 5.92 Å². The summed E-state index contributed by atoms with van der Waals surface area (Å²) in [4.78, 5) is 65.0. The molecule has 4 atom stereocenters. The molecule has 39 heavy (non-hydrogen) atoms. The molecule has 0 aliphatic heterocycles. The van der Waals surface area contributed by atoms with Gasteiger partial charge in [0.1, 0.15) is 18.1 Å². The first-order valence-corrected chi connectivity index (χ1v) is 14.0. The number of aromatic amines is 1. The number of nitrogens with two attached hydrogens (primary N) is 1. The van der Waals surface area contributed by atoms with Gasteiger partial charge in [-0.3, -0.25) is 19.2 Å². The van der Waals surface area contributed by atoms with Crippen molar-refractivity contribution in [2.75, 3.05) is 12.0 Å². The van der Waals surface area contributed by atoms with Crippen LogP contribution in [0.4, 0.5) is 0 Å². The Morgan fingerprint density at radius 3 is 2.15 bits per heavy atom. The first kappa shape index (κ1) is 31.6. The number of H-pyrrole nitrogens is 1. The summed E-state index contributed by atoms with van der Waals surface area (Å²) in [6.45, 7) is 3.57. The molecule has 0 aliphatic carbocycles. The summed E-state index contributed by atoms with van der Waals surface area (Å²) in [5.41, 5.74) is 7.47. The van der Waals surface area contributed by atoms with E-state index in [-0.39, 0.29) is 25.2 Å². The van der Waals surface area contributed by atoms with Gasteiger partial charge in [-0.15, -0.1) is 0 Å². The third-order valence-electron chi connectivity index (χ3n) is 6.26. The predicted molar refractivity (Wildman–Crippen MR) is 148 cm³/mol. The monoisotopic (exact) mass is 563 g/mol. The van der Waals surface area contributed by atoms with Crippen molar-refractivity contribution in [1.29, 1.82) is 0 Å². The van der Waals surface area contributed by atoms with Crippen LogP contribution in [0.1, 0.15) is 38.7 Å². The SMILES string of the molecule is CSCCC(NC(=O)C(N)C(C)C)C(=O)NC(Cc1c[nH]c2ccccc12)C(=O)NC(CCC(=O)O)C(=O)O. The summed E-state index contributed by atoms with van der Waals surface area (Å²) >= 11 is 1.48. The lowest BCUT2D eigenvalue weighted by atomic mass is 10.0. The summed E-state index contributed by atoms with van der Waals surface area (Å²) in [5.74, 6) is -4.12. The van der Waals surface area contributed by atoms with Crippen molar-refractivity contribution in [2.45, 2.75) is 63.7 Å². The minimum absolute atomic E-state index is 0.0154. The second kappa shape index (κ2) is 15.1. The van der Waals surface area contributed by atoms with E-state index in [1.165, 1.54) is 11.8 Å². The normalized spacial score (nSPS) is 14.3. The van der Waals surface area contributed by atoms with Crippen LogP contribution in [-0.4, -0.2) is 81.0 Å². The molecule has 1 heterocycles. The molecular formula is C26H37N5O7S. The number of carboxylic acids is 2. The molecule has 214 valence electrons. The number of aromatic nitrogens is 1. The molecule has 0 bridgehead atoms. The lowest BCUT2D eigenvalue weighted by Crippen LogP contribution is -2.58. The zero-order valence-corrected chi connectivity index (χ0v) is 23.0. The lowest BCUT2D eigenvalue weighted by Gasteiger charge is -2.25. The number of aliphatic carboxylic acids is 2. The number of benzene rings is 1. The van der Waals surface area contributed by atoms with E-state index >= 15 is 0 Å². The first-order chi connectivity index (χ1) is 18.4. The van der Waals surface area contributed by atoms with Gasteiger partial charge in [0.05, 0.1) is 6.04 Å². The number of thioether (sulfide) groups is 1. The zero-order valence-electron chi connectivity index (χ0n) is 22.2. The first-order valence-electron chi connectivity index (χ1n) is 12.6. The van der Waals surface area contributed by atoms with Gasteiger partial charge >= 0.3 is 11.9 Å². The number of rotatable bonds is 16. The molecule has 0 aliphatic rings. The average molecular weight is 564 g/mol. The third kappa shape index (κ3) is 9.59. The van der Waals surface area contributed by atoms with Crippen LogP contribution in [0.5, 0.6) is 0 Å². The van der Waals surface area contributed by atoms with Crippen LogP contribution in [0.3, 0.4) is 0 Å².